The van der Waals surface area contributed by atoms with Crippen LogP contribution in [0.5, 0.6) is 0 Å². The summed E-state index contributed by atoms with van der Waals surface area (Å²) in [5.41, 5.74) is 3.88. The Hall–Kier alpha value is -1.61. The molecule has 166 valence electrons. The van der Waals surface area contributed by atoms with E-state index in [2.05, 4.69) is 46.0 Å². The van der Waals surface area contributed by atoms with Gasteiger partial charge in [0.2, 0.25) is 0 Å². The normalized spacial score (nSPS) is 15.2. The zero-order valence-electron chi connectivity index (χ0n) is 18.5. The summed E-state index contributed by atoms with van der Waals surface area (Å²) in [6, 6.07) is 10.3. The molecule has 0 saturated heterocycles. The Morgan fingerprint density at radius 3 is 2.63 bits per heavy atom. The van der Waals surface area contributed by atoms with Gasteiger partial charge < -0.3 is 15.4 Å². The number of nitrogens with one attached hydrogen (secondary N) is 2. The Labute approximate surface area is 197 Å². The number of aryl methyl sites for hydroxylation is 2. The molecule has 2 aromatic rings. The highest BCUT2D eigenvalue weighted by Gasteiger charge is 2.36. The molecule has 1 aliphatic rings. The molecule has 0 amide bonds. The number of halogens is 1. The first-order valence-corrected chi connectivity index (χ1v) is 10.7. The zero-order chi connectivity index (χ0) is 20.5. The van der Waals surface area contributed by atoms with Crippen LogP contribution in [0.25, 0.3) is 5.69 Å². The van der Waals surface area contributed by atoms with E-state index in [9.17, 15) is 0 Å². The molecule has 0 unspecified atom stereocenters. The SMILES string of the molecule is CN=C(NCCCc1cn(-c2ccccc2)nc1C)NCC1(CCOC)CCC1.I. The molecule has 0 aliphatic heterocycles. The molecule has 6 nitrogen and oxygen atoms in total. The van der Waals surface area contributed by atoms with Gasteiger partial charge in [-0.2, -0.15) is 5.10 Å². The van der Waals surface area contributed by atoms with Crippen LogP contribution in [0, 0.1) is 12.3 Å². The predicted octanol–water partition coefficient (Wildman–Crippen LogP) is 4.10. The van der Waals surface area contributed by atoms with Crippen molar-refractivity contribution < 1.29 is 4.74 Å². The number of rotatable bonds is 10. The minimum atomic E-state index is 0. The van der Waals surface area contributed by atoms with E-state index in [1.165, 1.54) is 24.8 Å². The molecule has 30 heavy (non-hydrogen) atoms. The lowest BCUT2D eigenvalue weighted by Crippen LogP contribution is -2.47. The van der Waals surface area contributed by atoms with Crippen LogP contribution in [0.1, 0.15) is 43.4 Å². The highest BCUT2D eigenvalue weighted by Crippen LogP contribution is 2.43. The number of nitrogens with zero attached hydrogens (tertiary/aromatic N) is 3. The first-order valence-electron chi connectivity index (χ1n) is 10.7. The minimum absolute atomic E-state index is 0. The van der Waals surface area contributed by atoms with Gasteiger partial charge in [-0.3, -0.25) is 4.99 Å². The average molecular weight is 525 g/mol. The number of guanidine groups is 1. The van der Waals surface area contributed by atoms with Crippen molar-refractivity contribution in [2.75, 3.05) is 33.9 Å². The molecule has 1 aliphatic carbocycles. The van der Waals surface area contributed by atoms with Gasteiger partial charge in [-0.15, -0.1) is 24.0 Å². The first-order chi connectivity index (χ1) is 14.2. The Morgan fingerprint density at radius 2 is 2.00 bits per heavy atom. The van der Waals surface area contributed by atoms with Gasteiger partial charge in [0.15, 0.2) is 5.96 Å². The summed E-state index contributed by atoms with van der Waals surface area (Å²) in [4.78, 5) is 4.38. The third kappa shape index (κ3) is 6.70. The molecule has 3 rings (SSSR count). The largest absolute Gasteiger partial charge is 0.385 e. The number of ether oxygens (including phenoxy) is 1. The highest BCUT2D eigenvalue weighted by molar-refractivity contribution is 14.0. The summed E-state index contributed by atoms with van der Waals surface area (Å²) in [7, 11) is 3.62. The lowest BCUT2D eigenvalue weighted by atomic mass is 9.67. The number of hydrogen-bond donors (Lipinski definition) is 2. The average Bonchev–Trinajstić information content (AvgIpc) is 3.09. The van der Waals surface area contributed by atoms with Crippen LogP contribution >= 0.6 is 24.0 Å². The van der Waals surface area contributed by atoms with E-state index < -0.39 is 0 Å². The third-order valence-electron chi connectivity index (χ3n) is 6.04. The van der Waals surface area contributed by atoms with Crippen molar-refractivity contribution in [3.8, 4) is 5.69 Å². The topological polar surface area (TPSA) is 63.5 Å². The molecule has 1 aromatic carbocycles. The van der Waals surface area contributed by atoms with Crippen LogP contribution in [0.4, 0.5) is 0 Å². The summed E-state index contributed by atoms with van der Waals surface area (Å²) in [6.07, 6.45) is 9.20. The van der Waals surface area contributed by atoms with E-state index in [1.54, 1.807) is 7.11 Å². The smallest absolute Gasteiger partial charge is 0.190 e. The third-order valence-corrected chi connectivity index (χ3v) is 6.04. The standard InChI is InChI=1S/C23H35N5O.HI/c1-19-20(17-28(27-19)21-10-5-4-6-11-21)9-7-15-25-22(24-2)26-18-23(12-8-13-23)14-16-29-3;/h4-6,10-11,17H,7-9,12-16,18H2,1-3H3,(H2,24,25,26);1H. The van der Waals surface area contributed by atoms with Crippen molar-refractivity contribution in [2.45, 2.75) is 45.4 Å². The maximum Gasteiger partial charge on any atom is 0.190 e. The maximum atomic E-state index is 5.29. The van der Waals surface area contributed by atoms with Crippen LogP contribution in [0.3, 0.4) is 0 Å². The molecule has 0 radical (unpaired) electrons. The van der Waals surface area contributed by atoms with Crippen LogP contribution < -0.4 is 10.6 Å². The van der Waals surface area contributed by atoms with Crippen LogP contribution in [-0.2, 0) is 11.2 Å². The fourth-order valence-electron chi connectivity index (χ4n) is 3.94. The lowest BCUT2D eigenvalue weighted by Gasteiger charge is -2.42. The minimum Gasteiger partial charge on any atom is -0.385 e. The summed E-state index contributed by atoms with van der Waals surface area (Å²) in [6.45, 7) is 4.78. The van der Waals surface area contributed by atoms with Crippen molar-refractivity contribution in [3.05, 3.63) is 47.8 Å². The number of aromatic nitrogens is 2. The second kappa shape index (κ2) is 12.3. The van der Waals surface area contributed by atoms with Gasteiger partial charge in [0, 0.05) is 40.1 Å². The van der Waals surface area contributed by atoms with E-state index in [-0.39, 0.29) is 24.0 Å². The molecule has 1 fully saturated rings. The Bertz CT molecular complexity index is 786. The molecule has 7 heteroatoms. The Balaban J connectivity index is 0.00000320. The second-order valence-electron chi connectivity index (χ2n) is 8.07. The van der Waals surface area contributed by atoms with Crippen LogP contribution in [-0.4, -0.2) is 49.6 Å². The van der Waals surface area contributed by atoms with Crippen LogP contribution in [0.2, 0.25) is 0 Å². The second-order valence-corrected chi connectivity index (χ2v) is 8.07. The number of para-hydroxylation sites is 1. The van der Waals surface area contributed by atoms with Gasteiger partial charge in [0.25, 0.3) is 0 Å². The molecule has 0 bridgehead atoms. The molecule has 1 aromatic heterocycles. The highest BCUT2D eigenvalue weighted by atomic mass is 127. The summed E-state index contributed by atoms with van der Waals surface area (Å²) >= 11 is 0. The van der Waals surface area contributed by atoms with E-state index in [0.717, 1.165) is 56.3 Å². The quantitative estimate of drug-likeness (QED) is 0.212. The molecule has 1 heterocycles. The lowest BCUT2D eigenvalue weighted by molar-refractivity contribution is 0.0732. The number of methoxy groups -OCH3 is 1. The van der Waals surface area contributed by atoms with E-state index in [0.29, 0.717) is 5.41 Å². The van der Waals surface area contributed by atoms with Gasteiger partial charge >= 0.3 is 0 Å². The van der Waals surface area contributed by atoms with Gasteiger partial charge in [-0.25, -0.2) is 4.68 Å². The van der Waals surface area contributed by atoms with Gasteiger partial charge in [-0.05, 0) is 62.1 Å². The summed E-state index contributed by atoms with van der Waals surface area (Å²) in [5.74, 6) is 0.894. The predicted molar refractivity (Wildman–Crippen MR) is 134 cm³/mol. The maximum absolute atomic E-state index is 5.29. The number of benzene rings is 1. The molecular weight excluding hydrogens is 489 g/mol. The molecule has 0 atom stereocenters. The van der Waals surface area contributed by atoms with Gasteiger partial charge in [0.1, 0.15) is 0 Å². The van der Waals surface area contributed by atoms with Crippen molar-refractivity contribution in [1.29, 1.82) is 0 Å². The number of aliphatic imine (C=N–C) groups is 1. The number of hydrogen-bond acceptors (Lipinski definition) is 3. The van der Waals surface area contributed by atoms with Crippen molar-refractivity contribution >= 4 is 29.9 Å². The Morgan fingerprint density at radius 1 is 1.23 bits per heavy atom. The summed E-state index contributed by atoms with van der Waals surface area (Å²) in [5, 5.41) is 11.6. The van der Waals surface area contributed by atoms with Crippen molar-refractivity contribution in [1.82, 2.24) is 20.4 Å². The molecule has 0 spiro atoms. The van der Waals surface area contributed by atoms with E-state index >= 15 is 0 Å². The zero-order valence-corrected chi connectivity index (χ0v) is 20.8. The monoisotopic (exact) mass is 525 g/mol. The van der Waals surface area contributed by atoms with Crippen molar-refractivity contribution in [2.24, 2.45) is 10.4 Å². The first kappa shape index (κ1) is 24.7. The fraction of sp³-hybridized carbons (Fsp3) is 0.565. The molecular formula is C23H36IN5O. The fourth-order valence-corrected chi connectivity index (χ4v) is 3.94. The molecule has 2 N–H and O–H groups in total. The summed E-state index contributed by atoms with van der Waals surface area (Å²) < 4.78 is 7.26. The Kier molecular flexibility index (Phi) is 10.1. The van der Waals surface area contributed by atoms with Gasteiger partial charge in [-0.1, -0.05) is 24.6 Å². The van der Waals surface area contributed by atoms with E-state index in [1.807, 2.05) is 29.9 Å². The van der Waals surface area contributed by atoms with E-state index in [4.69, 9.17) is 4.74 Å². The van der Waals surface area contributed by atoms with Crippen molar-refractivity contribution in [3.63, 3.8) is 0 Å². The molecule has 1 saturated carbocycles. The van der Waals surface area contributed by atoms with Gasteiger partial charge in [0.05, 0.1) is 11.4 Å². The van der Waals surface area contributed by atoms with Crippen LogP contribution in [0.15, 0.2) is 41.5 Å².